The fourth-order valence-corrected chi connectivity index (χ4v) is 2.79. The molecule has 1 aromatic carbocycles. The molecule has 0 spiro atoms. The van der Waals surface area contributed by atoms with Gasteiger partial charge >= 0.3 is 5.97 Å². The molecule has 3 heteroatoms. The standard InChI is InChI=1S/C16H16O3/c17-15-10-13(8-6-11-7-9-14(11)15)19-16(18)12-4-2-1-3-5-12/h1-5,10-11,14H,6-9H2. The number of hydrogen-bond donors (Lipinski definition) is 0. The first-order chi connectivity index (χ1) is 9.24. The number of allylic oxidation sites excluding steroid dienone is 2. The Bertz CT molecular complexity index is 530. The molecular formula is C16H16O3. The van der Waals surface area contributed by atoms with Crippen molar-refractivity contribution in [3.05, 3.63) is 47.7 Å². The highest BCUT2D eigenvalue weighted by Crippen LogP contribution is 2.41. The van der Waals surface area contributed by atoms with Crippen molar-refractivity contribution in [3.63, 3.8) is 0 Å². The van der Waals surface area contributed by atoms with E-state index < -0.39 is 0 Å². The zero-order valence-electron chi connectivity index (χ0n) is 10.7. The van der Waals surface area contributed by atoms with Crippen LogP contribution in [-0.4, -0.2) is 11.8 Å². The topological polar surface area (TPSA) is 43.4 Å². The summed E-state index contributed by atoms with van der Waals surface area (Å²) >= 11 is 0. The van der Waals surface area contributed by atoms with Crippen LogP contribution in [0.25, 0.3) is 0 Å². The van der Waals surface area contributed by atoms with Crippen LogP contribution in [0.1, 0.15) is 36.0 Å². The predicted molar refractivity (Wildman–Crippen MR) is 70.4 cm³/mol. The number of benzene rings is 1. The van der Waals surface area contributed by atoms with E-state index in [0.29, 0.717) is 23.7 Å². The molecule has 1 aromatic rings. The quantitative estimate of drug-likeness (QED) is 0.763. The van der Waals surface area contributed by atoms with E-state index in [1.54, 1.807) is 24.3 Å². The first-order valence-electron chi connectivity index (χ1n) is 6.75. The molecule has 0 N–H and O–H groups in total. The molecule has 3 rings (SSSR count). The summed E-state index contributed by atoms with van der Waals surface area (Å²) in [6.07, 6.45) is 5.28. The maximum absolute atomic E-state index is 11.9. The molecule has 1 fully saturated rings. The Balaban J connectivity index is 1.71. The molecule has 0 aromatic heterocycles. The van der Waals surface area contributed by atoms with Crippen molar-refractivity contribution in [2.75, 3.05) is 0 Å². The average molecular weight is 256 g/mol. The van der Waals surface area contributed by atoms with Crippen molar-refractivity contribution < 1.29 is 14.3 Å². The van der Waals surface area contributed by atoms with Crippen molar-refractivity contribution >= 4 is 11.8 Å². The van der Waals surface area contributed by atoms with Gasteiger partial charge in [0.1, 0.15) is 5.76 Å². The van der Waals surface area contributed by atoms with Gasteiger partial charge in [-0.25, -0.2) is 4.79 Å². The maximum Gasteiger partial charge on any atom is 0.343 e. The van der Waals surface area contributed by atoms with E-state index in [-0.39, 0.29) is 17.7 Å². The molecule has 2 aliphatic carbocycles. The smallest absolute Gasteiger partial charge is 0.343 e. The van der Waals surface area contributed by atoms with Gasteiger partial charge in [-0.2, -0.15) is 0 Å². The number of fused-ring (bicyclic) bond motifs is 1. The largest absolute Gasteiger partial charge is 0.427 e. The Kier molecular flexibility index (Phi) is 3.20. The van der Waals surface area contributed by atoms with Gasteiger partial charge in [0, 0.05) is 18.4 Å². The highest BCUT2D eigenvalue weighted by atomic mass is 16.5. The second kappa shape index (κ2) is 5.00. The molecule has 0 heterocycles. The molecule has 2 atom stereocenters. The molecule has 2 aliphatic rings. The third kappa shape index (κ3) is 2.46. The van der Waals surface area contributed by atoms with E-state index in [1.165, 1.54) is 6.08 Å². The summed E-state index contributed by atoms with van der Waals surface area (Å²) in [6.45, 7) is 0. The summed E-state index contributed by atoms with van der Waals surface area (Å²) in [5, 5.41) is 0. The van der Waals surface area contributed by atoms with Crippen LogP contribution in [0.2, 0.25) is 0 Å². The molecule has 0 saturated heterocycles. The Morgan fingerprint density at radius 1 is 1.11 bits per heavy atom. The first kappa shape index (κ1) is 12.2. The predicted octanol–water partition coefficient (Wildman–Crippen LogP) is 3.12. The van der Waals surface area contributed by atoms with Crippen LogP contribution in [0.4, 0.5) is 0 Å². The highest BCUT2D eigenvalue weighted by molar-refractivity contribution is 5.94. The van der Waals surface area contributed by atoms with Crippen molar-refractivity contribution in [2.24, 2.45) is 11.8 Å². The Morgan fingerprint density at radius 2 is 1.89 bits per heavy atom. The van der Waals surface area contributed by atoms with Crippen molar-refractivity contribution in [1.82, 2.24) is 0 Å². The summed E-state index contributed by atoms with van der Waals surface area (Å²) in [7, 11) is 0. The summed E-state index contributed by atoms with van der Waals surface area (Å²) < 4.78 is 5.35. The lowest BCUT2D eigenvalue weighted by Crippen LogP contribution is -2.30. The van der Waals surface area contributed by atoms with E-state index in [1.807, 2.05) is 6.07 Å². The van der Waals surface area contributed by atoms with E-state index in [4.69, 9.17) is 4.74 Å². The fraction of sp³-hybridized carbons (Fsp3) is 0.375. The van der Waals surface area contributed by atoms with Crippen molar-refractivity contribution in [2.45, 2.75) is 25.7 Å². The molecule has 3 nitrogen and oxygen atoms in total. The summed E-state index contributed by atoms with van der Waals surface area (Å²) in [5.41, 5.74) is 0.517. The first-order valence-corrected chi connectivity index (χ1v) is 6.75. The zero-order chi connectivity index (χ0) is 13.2. The highest BCUT2D eigenvalue weighted by Gasteiger charge is 2.37. The van der Waals surface area contributed by atoms with Gasteiger partial charge in [0.25, 0.3) is 0 Å². The van der Waals surface area contributed by atoms with Crippen LogP contribution >= 0.6 is 0 Å². The van der Waals surface area contributed by atoms with E-state index in [9.17, 15) is 9.59 Å². The van der Waals surface area contributed by atoms with Crippen molar-refractivity contribution in [3.8, 4) is 0 Å². The molecule has 0 bridgehead atoms. The van der Waals surface area contributed by atoms with E-state index >= 15 is 0 Å². The molecule has 98 valence electrons. The molecule has 2 unspecified atom stereocenters. The Morgan fingerprint density at radius 3 is 2.58 bits per heavy atom. The van der Waals surface area contributed by atoms with Gasteiger partial charge in [-0.15, -0.1) is 0 Å². The van der Waals surface area contributed by atoms with Gasteiger partial charge in [-0.3, -0.25) is 4.79 Å². The third-order valence-corrected chi connectivity index (χ3v) is 4.08. The van der Waals surface area contributed by atoms with Crippen LogP contribution in [0.5, 0.6) is 0 Å². The number of esters is 1. The molecule has 1 saturated carbocycles. The number of ether oxygens (including phenoxy) is 1. The lowest BCUT2D eigenvalue weighted by molar-refractivity contribution is -0.122. The number of carbonyl (C=O) groups excluding carboxylic acids is 2. The average Bonchev–Trinajstić information content (AvgIpc) is 2.47. The minimum atomic E-state index is -0.381. The molecular weight excluding hydrogens is 240 g/mol. The Labute approximate surface area is 112 Å². The van der Waals surface area contributed by atoms with Crippen LogP contribution in [0.3, 0.4) is 0 Å². The van der Waals surface area contributed by atoms with Gasteiger partial charge in [0.05, 0.1) is 5.56 Å². The maximum atomic E-state index is 11.9. The number of ketones is 1. The number of carbonyl (C=O) groups is 2. The fourth-order valence-electron chi connectivity index (χ4n) is 2.79. The van der Waals surface area contributed by atoms with Crippen LogP contribution in [0, 0.1) is 11.8 Å². The molecule has 0 amide bonds. The van der Waals surface area contributed by atoms with Crippen LogP contribution < -0.4 is 0 Å². The minimum absolute atomic E-state index is 0.129. The molecule has 19 heavy (non-hydrogen) atoms. The third-order valence-electron chi connectivity index (χ3n) is 4.08. The van der Waals surface area contributed by atoms with Gasteiger partial charge in [-0.1, -0.05) is 18.2 Å². The zero-order valence-corrected chi connectivity index (χ0v) is 10.7. The number of rotatable bonds is 2. The monoisotopic (exact) mass is 256 g/mol. The van der Waals surface area contributed by atoms with Gasteiger partial charge in [0.2, 0.25) is 0 Å². The second-order valence-corrected chi connectivity index (χ2v) is 5.25. The van der Waals surface area contributed by atoms with Crippen LogP contribution in [-0.2, 0) is 9.53 Å². The van der Waals surface area contributed by atoms with E-state index in [2.05, 4.69) is 0 Å². The SMILES string of the molecule is O=C(OC1=CC(=O)C2CCC2CC1)c1ccccc1. The van der Waals surface area contributed by atoms with Crippen LogP contribution in [0.15, 0.2) is 42.2 Å². The normalized spacial score (nSPS) is 25.7. The summed E-state index contributed by atoms with van der Waals surface area (Å²) in [4.78, 5) is 23.9. The molecule has 0 aliphatic heterocycles. The lowest BCUT2D eigenvalue weighted by atomic mass is 9.70. The van der Waals surface area contributed by atoms with E-state index in [0.717, 1.165) is 19.3 Å². The van der Waals surface area contributed by atoms with Gasteiger partial charge in [-0.05, 0) is 37.3 Å². The molecule has 0 radical (unpaired) electrons. The van der Waals surface area contributed by atoms with Gasteiger partial charge < -0.3 is 4.74 Å². The minimum Gasteiger partial charge on any atom is -0.427 e. The van der Waals surface area contributed by atoms with Crippen molar-refractivity contribution in [1.29, 1.82) is 0 Å². The number of hydrogen-bond acceptors (Lipinski definition) is 3. The second-order valence-electron chi connectivity index (χ2n) is 5.25. The Hall–Kier alpha value is -1.90. The summed E-state index contributed by atoms with van der Waals surface area (Å²) in [5.74, 6) is 0.941. The summed E-state index contributed by atoms with van der Waals surface area (Å²) in [6, 6.07) is 8.87. The van der Waals surface area contributed by atoms with Gasteiger partial charge in [0.15, 0.2) is 5.78 Å². The lowest BCUT2D eigenvalue weighted by Gasteiger charge is -2.33.